The maximum atomic E-state index is 13.2. The quantitative estimate of drug-likeness (QED) is 0.392. The number of anilines is 1. The first-order chi connectivity index (χ1) is 14.9. The second-order valence-corrected chi connectivity index (χ2v) is 6.88. The number of H-pyrrole nitrogens is 1. The zero-order valence-corrected chi connectivity index (χ0v) is 17.8. The monoisotopic (exact) mass is 428 g/mol. The molecule has 3 N–H and O–H groups in total. The summed E-state index contributed by atoms with van der Waals surface area (Å²) in [4.78, 5) is 21.3. The van der Waals surface area contributed by atoms with Gasteiger partial charge >= 0.3 is 0 Å². The zero-order chi connectivity index (χ0) is 22.4. The molecule has 0 fully saturated rings. The summed E-state index contributed by atoms with van der Waals surface area (Å²) in [5, 5.41) is 12.8. The van der Waals surface area contributed by atoms with Crippen molar-refractivity contribution in [2.45, 2.75) is 33.7 Å². The van der Waals surface area contributed by atoms with Gasteiger partial charge in [-0.25, -0.2) is 14.4 Å². The number of carbonyl (C=O) groups is 1. The zero-order valence-electron chi connectivity index (χ0n) is 17.8. The third kappa shape index (κ3) is 5.98. The number of aromatic amines is 1. The molecule has 2 aromatic heterocycles. The van der Waals surface area contributed by atoms with E-state index in [4.69, 9.17) is 9.15 Å². The van der Waals surface area contributed by atoms with Gasteiger partial charge in [-0.2, -0.15) is 5.10 Å². The number of ether oxygens (including phenoxy) is 1. The number of benzene rings is 1. The Labute approximate surface area is 179 Å². The van der Waals surface area contributed by atoms with Crippen LogP contribution >= 0.6 is 0 Å². The molecule has 3 rings (SSSR count). The van der Waals surface area contributed by atoms with Crippen LogP contribution in [0.3, 0.4) is 0 Å². The summed E-state index contributed by atoms with van der Waals surface area (Å²) in [5.74, 6) is 0.647. The number of nitrogens with zero attached hydrogens (tertiary/aromatic N) is 3. The Morgan fingerprint density at radius 1 is 1.32 bits per heavy atom. The van der Waals surface area contributed by atoms with Crippen LogP contribution in [-0.2, 0) is 4.74 Å². The van der Waals surface area contributed by atoms with Crippen molar-refractivity contribution in [2.75, 3.05) is 18.5 Å². The molecule has 1 amide bonds. The number of hydrogen-bond acceptors (Lipinski definition) is 6. The molecule has 2 heterocycles. The van der Waals surface area contributed by atoms with Crippen molar-refractivity contribution in [3.63, 3.8) is 0 Å². The van der Waals surface area contributed by atoms with E-state index in [2.05, 4.69) is 30.8 Å². The fourth-order valence-electron chi connectivity index (χ4n) is 2.83. The summed E-state index contributed by atoms with van der Waals surface area (Å²) in [6.07, 6.45) is 0. The largest absolute Gasteiger partial charge is 0.445 e. The van der Waals surface area contributed by atoms with Gasteiger partial charge in [-0.15, -0.1) is 0 Å². The van der Waals surface area contributed by atoms with E-state index in [1.54, 1.807) is 32.0 Å². The van der Waals surface area contributed by atoms with Crippen LogP contribution in [0.25, 0.3) is 11.3 Å². The van der Waals surface area contributed by atoms with E-state index < -0.39 is 5.91 Å². The molecule has 3 aromatic rings. The van der Waals surface area contributed by atoms with Gasteiger partial charge in [0.2, 0.25) is 5.96 Å². The summed E-state index contributed by atoms with van der Waals surface area (Å²) in [5.41, 5.74) is 1.62. The molecular weight excluding hydrogens is 403 g/mol. The summed E-state index contributed by atoms with van der Waals surface area (Å²) in [6.45, 7) is 8.05. The highest BCUT2D eigenvalue weighted by Crippen LogP contribution is 2.20. The number of aryl methyl sites for hydroxylation is 2. The van der Waals surface area contributed by atoms with Crippen molar-refractivity contribution in [2.24, 2.45) is 4.99 Å². The minimum atomic E-state index is -0.460. The summed E-state index contributed by atoms with van der Waals surface area (Å²) >= 11 is 0. The standard InChI is InChI=1S/C21H25FN6O3/c1-5-30-11-12(2)23-21(26-20(29)19-13(3)31-14(4)24-19)25-18-10-17(27-28-18)15-6-8-16(22)9-7-15/h6-10,12H,5,11H2,1-4H3,(H3,23,25,26,27,28,29). The van der Waals surface area contributed by atoms with E-state index in [1.165, 1.54) is 12.1 Å². The number of aliphatic imine (C=N–C) groups is 1. The molecule has 9 nitrogen and oxygen atoms in total. The van der Waals surface area contributed by atoms with Gasteiger partial charge in [-0.05, 0) is 50.6 Å². The van der Waals surface area contributed by atoms with Crippen molar-refractivity contribution in [3.05, 3.63) is 53.5 Å². The van der Waals surface area contributed by atoms with Crippen LogP contribution in [0.5, 0.6) is 0 Å². The minimum absolute atomic E-state index is 0.179. The number of oxazole rings is 1. The minimum Gasteiger partial charge on any atom is -0.445 e. The normalized spacial score (nSPS) is 12.6. The lowest BCUT2D eigenvalue weighted by Gasteiger charge is -2.12. The number of amides is 1. The van der Waals surface area contributed by atoms with E-state index in [1.807, 2.05) is 13.8 Å². The number of halogens is 1. The maximum Gasteiger partial charge on any atom is 0.280 e. The second kappa shape index (κ2) is 9.98. The molecule has 0 saturated heterocycles. The molecule has 164 valence electrons. The van der Waals surface area contributed by atoms with Crippen molar-refractivity contribution < 1.29 is 18.3 Å². The first-order valence-electron chi connectivity index (χ1n) is 9.85. The molecule has 0 aliphatic rings. The van der Waals surface area contributed by atoms with E-state index in [0.717, 1.165) is 5.56 Å². The molecule has 0 radical (unpaired) electrons. The lowest BCUT2D eigenvalue weighted by molar-refractivity contribution is 0.0970. The fourth-order valence-corrected chi connectivity index (χ4v) is 2.83. The van der Waals surface area contributed by atoms with Crippen molar-refractivity contribution in [1.29, 1.82) is 0 Å². The highest BCUT2D eigenvalue weighted by molar-refractivity contribution is 6.09. The SMILES string of the molecule is CCOCC(C)N=C(NC(=O)c1nc(C)oc1C)Nc1cc(-c2ccc(F)cc2)[nH]n1. The van der Waals surface area contributed by atoms with E-state index in [9.17, 15) is 9.18 Å². The summed E-state index contributed by atoms with van der Waals surface area (Å²) in [7, 11) is 0. The molecule has 0 aliphatic heterocycles. The van der Waals surface area contributed by atoms with Gasteiger partial charge < -0.3 is 14.5 Å². The van der Waals surface area contributed by atoms with Gasteiger partial charge in [-0.3, -0.25) is 15.2 Å². The van der Waals surface area contributed by atoms with Crippen molar-refractivity contribution in [3.8, 4) is 11.3 Å². The van der Waals surface area contributed by atoms with Gasteiger partial charge in [-0.1, -0.05) is 0 Å². The van der Waals surface area contributed by atoms with Crippen LogP contribution in [0.2, 0.25) is 0 Å². The van der Waals surface area contributed by atoms with Crippen LogP contribution in [0.1, 0.15) is 36.0 Å². The number of guanidine groups is 1. The molecule has 31 heavy (non-hydrogen) atoms. The first-order valence-corrected chi connectivity index (χ1v) is 9.85. The topological polar surface area (TPSA) is 117 Å². The van der Waals surface area contributed by atoms with Crippen LogP contribution in [-0.4, -0.2) is 46.3 Å². The molecular formula is C21H25FN6O3. The highest BCUT2D eigenvalue weighted by atomic mass is 19.1. The first kappa shape index (κ1) is 22.2. The Balaban J connectivity index is 1.79. The van der Waals surface area contributed by atoms with Gasteiger partial charge in [0.15, 0.2) is 17.4 Å². The average Bonchev–Trinajstić information content (AvgIpc) is 3.32. The fraction of sp³-hybridized carbons (Fsp3) is 0.333. The predicted octanol–water partition coefficient (Wildman–Crippen LogP) is 3.44. The number of hydrogen-bond donors (Lipinski definition) is 3. The molecule has 1 aromatic carbocycles. The second-order valence-electron chi connectivity index (χ2n) is 6.88. The molecule has 0 saturated carbocycles. The Morgan fingerprint density at radius 2 is 2.06 bits per heavy atom. The maximum absolute atomic E-state index is 13.2. The van der Waals surface area contributed by atoms with Crippen LogP contribution in [0, 0.1) is 19.7 Å². The van der Waals surface area contributed by atoms with Crippen LogP contribution < -0.4 is 10.6 Å². The van der Waals surface area contributed by atoms with Gasteiger partial charge in [0.05, 0.1) is 18.3 Å². The van der Waals surface area contributed by atoms with Gasteiger partial charge in [0.1, 0.15) is 11.6 Å². The van der Waals surface area contributed by atoms with Gasteiger partial charge in [0, 0.05) is 19.6 Å². The lowest BCUT2D eigenvalue weighted by Crippen LogP contribution is -2.37. The molecule has 1 atom stereocenters. The Kier molecular flexibility index (Phi) is 7.14. The van der Waals surface area contributed by atoms with E-state index in [0.29, 0.717) is 36.4 Å². The Morgan fingerprint density at radius 3 is 2.71 bits per heavy atom. The molecule has 1 unspecified atom stereocenters. The summed E-state index contributed by atoms with van der Waals surface area (Å²) < 4.78 is 23.9. The molecule has 10 heteroatoms. The number of nitrogens with one attached hydrogen (secondary N) is 3. The molecule has 0 bridgehead atoms. The number of rotatable bonds is 7. The van der Waals surface area contributed by atoms with E-state index >= 15 is 0 Å². The Hall–Kier alpha value is -3.53. The third-order valence-corrected chi connectivity index (χ3v) is 4.24. The molecule has 0 spiro atoms. The summed E-state index contributed by atoms with van der Waals surface area (Å²) in [6, 6.07) is 7.53. The lowest BCUT2D eigenvalue weighted by atomic mass is 10.1. The van der Waals surface area contributed by atoms with Crippen LogP contribution in [0.4, 0.5) is 10.2 Å². The number of aromatic nitrogens is 3. The van der Waals surface area contributed by atoms with Gasteiger partial charge in [0.25, 0.3) is 5.91 Å². The Bertz CT molecular complexity index is 1060. The van der Waals surface area contributed by atoms with Crippen molar-refractivity contribution >= 4 is 17.7 Å². The molecule has 0 aliphatic carbocycles. The number of carbonyl (C=O) groups excluding carboxylic acids is 1. The van der Waals surface area contributed by atoms with Crippen LogP contribution in [0.15, 0.2) is 39.7 Å². The highest BCUT2D eigenvalue weighted by Gasteiger charge is 2.18. The smallest absolute Gasteiger partial charge is 0.280 e. The predicted molar refractivity (Wildman–Crippen MR) is 114 cm³/mol. The van der Waals surface area contributed by atoms with E-state index in [-0.39, 0.29) is 23.5 Å². The van der Waals surface area contributed by atoms with Crippen molar-refractivity contribution in [1.82, 2.24) is 20.5 Å². The average molecular weight is 428 g/mol. The third-order valence-electron chi connectivity index (χ3n) is 4.24.